The molecule has 2 amide bonds. The van der Waals surface area contributed by atoms with Crippen LogP contribution in [0.1, 0.15) is 33.1 Å². The zero-order chi connectivity index (χ0) is 15.9. The average molecular weight is 299 g/mol. The third-order valence-corrected chi connectivity index (χ3v) is 3.80. The van der Waals surface area contributed by atoms with E-state index in [1.54, 1.807) is 0 Å². The number of rotatable bonds is 8. The lowest BCUT2D eigenvalue weighted by Gasteiger charge is -2.24. The van der Waals surface area contributed by atoms with E-state index >= 15 is 0 Å². The monoisotopic (exact) mass is 299 g/mol. The van der Waals surface area contributed by atoms with E-state index in [1.807, 2.05) is 11.8 Å². The summed E-state index contributed by atoms with van der Waals surface area (Å²) in [5, 5.41) is 14.7. The lowest BCUT2D eigenvalue weighted by atomic mass is 9.83. The molecule has 0 aromatic carbocycles. The summed E-state index contributed by atoms with van der Waals surface area (Å²) in [7, 11) is 0. The molecule has 0 aromatic rings. The van der Waals surface area contributed by atoms with Crippen LogP contribution >= 0.6 is 0 Å². The van der Waals surface area contributed by atoms with Crippen molar-refractivity contribution in [1.29, 1.82) is 0 Å². The molecule has 120 valence electrons. The number of hydrogen-bond donors (Lipinski definition) is 3. The molecule has 21 heavy (non-hydrogen) atoms. The molecule has 1 rings (SSSR count). The Labute approximate surface area is 125 Å². The van der Waals surface area contributed by atoms with Crippen LogP contribution in [-0.4, -0.2) is 60.5 Å². The van der Waals surface area contributed by atoms with Crippen LogP contribution in [-0.2, 0) is 14.4 Å². The molecule has 0 bridgehead atoms. The predicted molar refractivity (Wildman–Crippen MR) is 77.7 cm³/mol. The van der Waals surface area contributed by atoms with E-state index in [1.165, 1.54) is 6.92 Å². The van der Waals surface area contributed by atoms with Gasteiger partial charge in [-0.25, -0.2) is 0 Å². The van der Waals surface area contributed by atoms with Crippen molar-refractivity contribution in [2.24, 2.45) is 5.41 Å². The second-order valence-corrected chi connectivity index (χ2v) is 5.63. The van der Waals surface area contributed by atoms with Gasteiger partial charge in [-0.15, -0.1) is 0 Å². The summed E-state index contributed by atoms with van der Waals surface area (Å²) in [6.45, 7) is 5.44. The largest absolute Gasteiger partial charge is 0.481 e. The Morgan fingerprint density at radius 1 is 1.24 bits per heavy atom. The fourth-order valence-electron chi connectivity index (χ4n) is 2.76. The van der Waals surface area contributed by atoms with Gasteiger partial charge in [0.1, 0.15) is 0 Å². The van der Waals surface area contributed by atoms with E-state index in [0.717, 1.165) is 6.42 Å². The van der Waals surface area contributed by atoms with E-state index in [4.69, 9.17) is 0 Å². The van der Waals surface area contributed by atoms with Gasteiger partial charge in [0.25, 0.3) is 0 Å². The van der Waals surface area contributed by atoms with Gasteiger partial charge in [-0.3, -0.25) is 19.3 Å². The Hall–Kier alpha value is -1.63. The molecule has 7 nitrogen and oxygen atoms in total. The molecule has 0 aliphatic carbocycles. The molecule has 0 spiro atoms. The zero-order valence-electron chi connectivity index (χ0n) is 12.8. The van der Waals surface area contributed by atoms with Crippen LogP contribution in [0.4, 0.5) is 0 Å². The molecule has 0 radical (unpaired) electrons. The van der Waals surface area contributed by atoms with Crippen molar-refractivity contribution in [1.82, 2.24) is 15.5 Å². The number of hydrogen-bond acceptors (Lipinski definition) is 4. The van der Waals surface area contributed by atoms with Gasteiger partial charge < -0.3 is 15.7 Å². The SMILES string of the molecule is CCCC1(C(=O)O)CCN(CC(=O)NCCNC(C)=O)C1. The number of carbonyl (C=O) groups excluding carboxylic acids is 2. The van der Waals surface area contributed by atoms with Crippen LogP contribution in [0.2, 0.25) is 0 Å². The van der Waals surface area contributed by atoms with Gasteiger partial charge in [0.2, 0.25) is 11.8 Å². The normalized spacial score (nSPS) is 22.0. The average Bonchev–Trinajstić information content (AvgIpc) is 2.79. The first-order chi connectivity index (χ1) is 9.89. The molecule has 0 saturated carbocycles. The summed E-state index contributed by atoms with van der Waals surface area (Å²) in [6.07, 6.45) is 2.06. The highest BCUT2D eigenvalue weighted by molar-refractivity contribution is 5.79. The van der Waals surface area contributed by atoms with Gasteiger partial charge >= 0.3 is 5.97 Å². The number of nitrogens with zero attached hydrogens (tertiary/aromatic N) is 1. The minimum Gasteiger partial charge on any atom is -0.481 e. The molecule has 1 aliphatic heterocycles. The van der Waals surface area contributed by atoms with Gasteiger partial charge in [0.05, 0.1) is 12.0 Å². The maximum absolute atomic E-state index is 11.8. The Kier molecular flexibility index (Phi) is 6.61. The maximum atomic E-state index is 11.8. The van der Waals surface area contributed by atoms with E-state index < -0.39 is 11.4 Å². The Morgan fingerprint density at radius 2 is 1.90 bits per heavy atom. The van der Waals surface area contributed by atoms with Gasteiger partial charge in [-0.1, -0.05) is 13.3 Å². The number of carbonyl (C=O) groups is 3. The number of carboxylic acids is 1. The first-order valence-electron chi connectivity index (χ1n) is 7.36. The van der Waals surface area contributed by atoms with Crippen molar-refractivity contribution in [2.45, 2.75) is 33.1 Å². The summed E-state index contributed by atoms with van der Waals surface area (Å²) in [6, 6.07) is 0. The van der Waals surface area contributed by atoms with Crippen LogP contribution in [0, 0.1) is 5.41 Å². The van der Waals surface area contributed by atoms with Crippen LogP contribution in [0.25, 0.3) is 0 Å². The van der Waals surface area contributed by atoms with E-state index in [2.05, 4.69) is 10.6 Å². The number of amides is 2. The second kappa shape index (κ2) is 7.97. The molecule has 1 aliphatic rings. The van der Waals surface area contributed by atoms with Crippen LogP contribution < -0.4 is 10.6 Å². The summed E-state index contributed by atoms with van der Waals surface area (Å²) in [5.74, 6) is -1.04. The van der Waals surface area contributed by atoms with Crippen molar-refractivity contribution in [3.63, 3.8) is 0 Å². The molecule has 1 atom stereocenters. The van der Waals surface area contributed by atoms with Crippen LogP contribution in [0.3, 0.4) is 0 Å². The molecule has 1 saturated heterocycles. The van der Waals surface area contributed by atoms with E-state index in [-0.39, 0.29) is 18.4 Å². The molecule has 1 fully saturated rings. The van der Waals surface area contributed by atoms with Crippen LogP contribution in [0.15, 0.2) is 0 Å². The molecule has 7 heteroatoms. The van der Waals surface area contributed by atoms with E-state index in [0.29, 0.717) is 39.0 Å². The molecule has 3 N–H and O–H groups in total. The Balaban J connectivity index is 2.34. The summed E-state index contributed by atoms with van der Waals surface area (Å²) >= 11 is 0. The van der Waals surface area contributed by atoms with Gasteiger partial charge in [0, 0.05) is 26.6 Å². The highest BCUT2D eigenvalue weighted by Gasteiger charge is 2.44. The summed E-state index contributed by atoms with van der Waals surface area (Å²) < 4.78 is 0. The predicted octanol–water partition coefficient (Wildman–Crippen LogP) is -0.184. The minimum atomic E-state index is -0.766. The molecule has 0 aromatic heterocycles. The van der Waals surface area contributed by atoms with Crippen molar-refractivity contribution in [3.05, 3.63) is 0 Å². The number of nitrogens with one attached hydrogen (secondary N) is 2. The minimum absolute atomic E-state index is 0.130. The Morgan fingerprint density at radius 3 is 2.48 bits per heavy atom. The first-order valence-corrected chi connectivity index (χ1v) is 7.36. The Bertz CT molecular complexity index is 400. The van der Waals surface area contributed by atoms with Gasteiger partial charge in [-0.2, -0.15) is 0 Å². The lowest BCUT2D eigenvalue weighted by Crippen LogP contribution is -2.41. The van der Waals surface area contributed by atoms with Crippen molar-refractivity contribution < 1.29 is 19.5 Å². The molecular weight excluding hydrogens is 274 g/mol. The van der Waals surface area contributed by atoms with Gasteiger partial charge in [0.15, 0.2) is 0 Å². The van der Waals surface area contributed by atoms with Crippen molar-refractivity contribution in [2.75, 3.05) is 32.7 Å². The highest BCUT2D eigenvalue weighted by atomic mass is 16.4. The highest BCUT2D eigenvalue weighted by Crippen LogP contribution is 2.35. The maximum Gasteiger partial charge on any atom is 0.310 e. The topological polar surface area (TPSA) is 98.7 Å². The second-order valence-electron chi connectivity index (χ2n) is 5.63. The third kappa shape index (κ3) is 5.34. The fraction of sp³-hybridized carbons (Fsp3) is 0.786. The molecular formula is C14H25N3O4. The van der Waals surface area contributed by atoms with Crippen LogP contribution in [0.5, 0.6) is 0 Å². The van der Waals surface area contributed by atoms with E-state index in [9.17, 15) is 19.5 Å². The standard InChI is InChI=1S/C14H25N3O4/c1-3-4-14(13(20)21)5-8-17(10-14)9-12(19)16-7-6-15-11(2)18/h3-10H2,1-2H3,(H,15,18)(H,16,19)(H,20,21). The third-order valence-electron chi connectivity index (χ3n) is 3.80. The summed E-state index contributed by atoms with van der Waals surface area (Å²) in [5.41, 5.74) is -0.703. The number of likely N-dealkylation sites (tertiary alicyclic amines) is 1. The quantitative estimate of drug-likeness (QED) is 0.540. The first kappa shape index (κ1) is 17.4. The van der Waals surface area contributed by atoms with Crippen molar-refractivity contribution >= 4 is 17.8 Å². The smallest absolute Gasteiger partial charge is 0.310 e. The number of carboxylic acid groups (broad SMARTS) is 1. The van der Waals surface area contributed by atoms with Crippen molar-refractivity contribution in [3.8, 4) is 0 Å². The molecule has 1 unspecified atom stereocenters. The van der Waals surface area contributed by atoms with Gasteiger partial charge in [-0.05, 0) is 19.4 Å². The zero-order valence-corrected chi connectivity index (χ0v) is 12.8. The summed E-state index contributed by atoms with van der Waals surface area (Å²) in [4.78, 5) is 35.8. The lowest BCUT2D eigenvalue weighted by molar-refractivity contribution is -0.148. The fourth-order valence-corrected chi connectivity index (χ4v) is 2.76. The molecule has 1 heterocycles. The number of aliphatic carboxylic acids is 1.